The molecule has 0 radical (unpaired) electrons. The number of fused-ring (bicyclic) bond motifs is 5. The second-order valence-corrected chi connectivity index (χ2v) is 6.30. The summed E-state index contributed by atoms with van der Waals surface area (Å²) in [6.07, 6.45) is 12.6. The first-order chi connectivity index (χ1) is 8.31. The lowest BCUT2D eigenvalue weighted by Gasteiger charge is -2.22. The van der Waals surface area contributed by atoms with Crippen molar-refractivity contribution in [2.75, 3.05) is 0 Å². The Labute approximate surface area is 105 Å². The third-order valence-electron chi connectivity index (χ3n) is 5.29. The van der Waals surface area contributed by atoms with Crippen LogP contribution in [-0.4, -0.2) is 5.78 Å². The van der Waals surface area contributed by atoms with E-state index in [9.17, 15) is 4.79 Å². The lowest BCUT2D eigenvalue weighted by atomic mass is 9.81. The van der Waals surface area contributed by atoms with E-state index in [0.717, 1.165) is 18.3 Å². The van der Waals surface area contributed by atoms with Crippen LogP contribution in [0.2, 0.25) is 0 Å². The largest absolute Gasteiger partial charge is 0.294 e. The van der Waals surface area contributed by atoms with Gasteiger partial charge in [0, 0.05) is 5.92 Å². The number of rotatable bonds is 5. The van der Waals surface area contributed by atoms with Crippen LogP contribution in [0, 0.1) is 23.7 Å². The molecular weight excluding hydrogens is 208 g/mol. The normalized spacial score (nSPS) is 38.6. The van der Waals surface area contributed by atoms with Gasteiger partial charge in [-0.3, -0.25) is 4.79 Å². The Hall–Kier alpha value is -0.590. The summed E-state index contributed by atoms with van der Waals surface area (Å²) in [5.41, 5.74) is 1.20. The molecule has 0 aliphatic heterocycles. The van der Waals surface area contributed by atoms with Crippen molar-refractivity contribution < 1.29 is 4.79 Å². The zero-order valence-electron chi connectivity index (χ0n) is 11.0. The van der Waals surface area contributed by atoms with Crippen molar-refractivity contribution in [1.29, 1.82) is 0 Å². The van der Waals surface area contributed by atoms with Gasteiger partial charge in [0.05, 0.1) is 0 Å². The van der Waals surface area contributed by atoms with E-state index >= 15 is 0 Å². The van der Waals surface area contributed by atoms with Crippen molar-refractivity contribution >= 4 is 5.78 Å². The molecule has 17 heavy (non-hydrogen) atoms. The summed E-state index contributed by atoms with van der Waals surface area (Å²) in [6.45, 7) is 2.24. The molecule has 4 atom stereocenters. The zero-order valence-corrected chi connectivity index (χ0v) is 11.0. The second-order valence-electron chi connectivity index (χ2n) is 6.30. The minimum absolute atomic E-state index is 0.426. The number of carbonyl (C=O) groups is 1. The number of hydrogen-bond donors (Lipinski definition) is 0. The molecule has 94 valence electrons. The quantitative estimate of drug-likeness (QED) is 0.651. The summed E-state index contributed by atoms with van der Waals surface area (Å²) < 4.78 is 0. The minimum Gasteiger partial charge on any atom is -0.294 e. The molecule has 1 nitrogen and oxygen atoms in total. The molecule has 2 saturated carbocycles. The van der Waals surface area contributed by atoms with Gasteiger partial charge in [-0.2, -0.15) is 0 Å². The Morgan fingerprint density at radius 1 is 1.18 bits per heavy atom. The molecule has 1 heteroatoms. The van der Waals surface area contributed by atoms with Gasteiger partial charge < -0.3 is 0 Å². The van der Waals surface area contributed by atoms with Gasteiger partial charge in [0.1, 0.15) is 0 Å². The van der Waals surface area contributed by atoms with Crippen LogP contribution < -0.4 is 0 Å². The third kappa shape index (κ3) is 1.88. The highest BCUT2D eigenvalue weighted by molar-refractivity contribution is 6.00. The first-order valence-electron chi connectivity index (χ1n) is 7.56. The van der Waals surface area contributed by atoms with E-state index in [0.29, 0.717) is 17.6 Å². The Balaban J connectivity index is 1.60. The topological polar surface area (TPSA) is 17.1 Å². The predicted molar refractivity (Wildman–Crippen MR) is 69.7 cm³/mol. The fraction of sp³-hybridized carbons (Fsp3) is 0.812. The van der Waals surface area contributed by atoms with Crippen molar-refractivity contribution in [3.05, 3.63) is 11.6 Å². The molecule has 2 fully saturated rings. The van der Waals surface area contributed by atoms with Gasteiger partial charge in [-0.1, -0.05) is 32.3 Å². The van der Waals surface area contributed by atoms with Crippen molar-refractivity contribution in [2.24, 2.45) is 23.7 Å². The first kappa shape index (κ1) is 11.5. The van der Waals surface area contributed by atoms with Crippen molar-refractivity contribution in [3.8, 4) is 0 Å². The lowest BCUT2D eigenvalue weighted by Crippen LogP contribution is -2.23. The highest BCUT2D eigenvalue weighted by Gasteiger charge is 2.52. The number of hydrogen-bond acceptors (Lipinski definition) is 1. The van der Waals surface area contributed by atoms with Crippen LogP contribution in [0.25, 0.3) is 0 Å². The maximum Gasteiger partial charge on any atom is 0.162 e. The Morgan fingerprint density at radius 2 is 2.00 bits per heavy atom. The van der Waals surface area contributed by atoms with Crippen LogP contribution >= 0.6 is 0 Å². The molecule has 0 saturated heterocycles. The van der Waals surface area contributed by atoms with Crippen LogP contribution in [0.3, 0.4) is 0 Å². The summed E-state index contributed by atoms with van der Waals surface area (Å²) in [5, 5.41) is 0. The molecule has 0 aromatic heterocycles. The molecule has 0 heterocycles. The molecular formula is C16H24O. The summed E-state index contributed by atoms with van der Waals surface area (Å²) in [4.78, 5) is 12.4. The molecule has 0 spiro atoms. The fourth-order valence-electron chi connectivity index (χ4n) is 4.44. The van der Waals surface area contributed by atoms with E-state index in [1.165, 1.54) is 50.5 Å². The average molecular weight is 232 g/mol. The summed E-state index contributed by atoms with van der Waals surface area (Å²) in [6, 6.07) is 0. The van der Waals surface area contributed by atoms with Gasteiger partial charge in [0.2, 0.25) is 0 Å². The molecule has 0 unspecified atom stereocenters. The lowest BCUT2D eigenvalue weighted by molar-refractivity contribution is -0.120. The van der Waals surface area contributed by atoms with Crippen molar-refractivity contribution in [1.82, 2.24) is 0 Å². The SMILES string of the molecule is CCCCCCC1=C[C@H]2[C@@H]3CC[C@@H](C3)[C@H]2C1=O. The molecule has 3 aliphatic rings. The van der Waals surface area contributed by atoms with E-state index in [1.54, 1.807) is 0 Å². The Morgan fingerprint density at radius 3 is 2.76 bits per heavy atom. The van der Waals surface area contributed by atoms with E-state index in [1.807, 2.05) is 0 Å². The van der Waals surface area contributed by atoms with Crippen LogP contribution in [0.15, 0.2) is 11.6 Å². The van der Waals surface area contributed by atoms with E-state index in [-0.39, 0.29) is 0 Å². The summed E-state index contributed by atoms with van der Waals surface area (Å²) in [5.74, 6) is 3.24. The van der Waals surface area contributed by atoms with Crippen LogP contribution in [-0.2, 0) is 4.79 Å². The van der Waals surface area contributed by atoms with E-state index < -0.39 is 0 Å². The first-order valence-corrected chi connectivity index (χ1v) is 7.56. The van der Waals surface area contributed by atoms with Crippen molar-refractivity contribution in [2.45, 2.75) is 58.3 Å². The van der Waals surface area contributed by atoms with Gasteiger partial charge in [-0.25, -0.2) is 0 Å². The average Bonchev–Trinajstić information content (AvgIpc) is 2.98. The van der Waals surface area contributed by atoms with Gasteiger partial charge in [-0.05, 0) is 55.4 Å². The van der Waals surface area contributed by atoms with Gasteiger partial charge in [0.25, 0.3) is 0 Å². The van der Waals surface area contributed by atoms with Crippen LogP contribution in [0.5, 0.6) is 0 Å². The monoisotopic (exact) mass is 232 g/mol. The number of carbonyl (C=O) groups excluding carboxylic acids is 1. The predicted octanol–water partition coefficient (Wildman–Crippen LogP) is 4.13. The van der Waals surface area contributed by atoms with Crippen LogP contribution in [0.1, 0.15) is 58.3 Å². The van der Waals surface area contributed by atoms with Crippen LogP contribution in [0.4, 0.5) is 0 Å². The second kappa shape index (κ2) is 4.59. The fourth-order valence-corrected chi connectivity index (χ4v) is 4.44. The minimum atomic E-state index is 0.426. The molecule has 3 aliphatic carbocycles. The Bertz CT molecular complexity index is 341. The summed E-state index contributed by atoms with van der Waals surface area (Å²) in [7, 11) is 0. The van der Waals surface area contributed by atoms with Crippen molar-refractivity contribution in [3.63, 3.8) is 0 Å². The maximum atomic E-state index is 12.4. The molecule has 0 amide bonds. The third-order valence-corrected chi connectivity index (χ3v) is 5.29. The molecule has 0 aromatic rings. The molecule has 0 N–H and O–H groups in total. The molecule has 2 bridgehead atoms. The van der Waals surface area contributed by atoms with E-state index in [4.69, 9.17) is 0 Å². The van der Waals surface area contributed by atoms with Gasteiger partial charge in [-0.15, -0.1) is 0 Å². The molecule has 0 aromatic carbocycles. The smallest absolute Gasteiger partial charge is 0.162 e. The number of unbranched alkanes of at least 4 members (excludes halogenated alkanes) is 3. The number of ketones is 1. The van der Waals surface area contributed by atoms with E-state index in [2.05, 4.69) is 13.0 Å². The number of Topliss-reactive ketones (excluding diaryl/α,β-unsaturated/α-hetero) is 1. The zero-order chi connectivity index (χ0) is 11.8. The Kier molecular flexibility index (Phi) is 3.10. The molecule has 3 rings (SSSR count). The highest BCUT2D eigenvalue weighted by Crippen LogP contribution is 2.56. The highest BCUT2D eigenvalue weighted by atomic mass is 16.1. The maximum absolute atomic E-state index is 12.4. The summed E-state index contributed by atoms with van der Waals surface area (Å²) >= 11 is 0. The standard InChI is InChI=1S/C16H24O/c1-2-3-4-5-6-13-10-14-11-7-8-12(9-11)15(14)16(13)17/h10-12,14-15H,2-9H2,1H3/t11-,12+,14+,15-/m1/s1. The number of allylic oxidation sites excluding steroid dienone is 2. The van der Waals surface area contributed by atoms with Gasteiger partial charge in [0.15, 0.2) is 5.78 Å². The van der Waals surface area contributed by atoms with Gasteiger partial charge >= 0.3 is 0 Å².